The van der Waals surface area contributed by atoms with Gasteiger partial charge in [0, 0.05) is 31.0 Å². The fourth-order valence-electron chi connectivity index (χ4n) is 1.85. The van der Waals surface area contributed by atoms with Crippen LogP contribution in [0.2, 0.25) is 0 Å². The molecule has 106 valence electrons. The van der Waals surface area contributed by atoms with Crippen molar-refractivity contribution in [3.63, 3.8) is 0 Å². The molecule has 0 spiro atoms. The van der Waals surface area contributed by atoms with E-state index in [1.165, 1.54) is 12.1 Å². The van der Waals surface area contributed by atoms with Crippen molar-refractivity contribution in [3.8, 4) is 0 Å². The first-order chi connectivity index (χ1) is 9.56. The average Bonchev–Trinajstić information content (AvgIpc) is 2.89. The molecule has 1 atom stereocenters. The van der Waals surface area contributed by atoms with Crippen molar-refractivity contribution in [2.75, 3.05) is 0 Å². The fourth-order valence-corrected chi connectivity index (χ4v) is 1.85. The van der Waals surface area contributed by atoms with Gasteiger partial charge in [-0.05, 0) is 24.6 Å². The van der Waals surface area contributed by atoms with Crippen LogP contribution in [-0.4, -0.2) is 20.7 Å². The van der Waals surface area contributed by atoms with E-state index < -0.39 is 16.4 Å². The molecular weight excluding hydrogens is 263 g/mol. The number of aromatic nitrogens is 2. The van der Waals surface area contributed by atoms with E-state index in [0.717, 1.165) is 0 Å². The second kappa shape index (κ2) is 6.25. The van der Waals surface area contributed by atoms with E-state index in [0.29, 0.717) is 18.7 Å². The van der Waals surface area contributed by atoms with E-state index in [1.807, 2.05) is 19.2 Å². The summed E-state index contributed by atoms with van der Waals surface area (Å²) in [7, 11) is 0. The number of halogens is 1. The van der Waals surface area contributed by atoms with E-state index in [2.05, 4.69) is 10.4 Å². The minimum atomic E-state index is -0.811. The van der Waals surface area contributed by atoms with Gasteiger partial charge in [-0.15, -0.1) is 0 Å². The highest BCUT2D eigenvalue weighted by molar-refractivity contribution is 5.34. The first-order valence-electron chi connectivity index (χ1n) is 6.20. The SMILES string of the molecule is CC(Cn1cccn1)NCc1ccc([N+](=O)[O-])c(F)c1. The fraction of sp³-hybridized carbons (Fsp3) is 0.308. The molecule has 0 radical (unpaired) electrons. The zero-order chi connectivity index (χ0) is 14.5. The molecule has 0 aliphatic heterocycles. The van der Waals surface area contributed by atoms with E-state index in [1.54, 1.807) is 16.9 Å². The van der Waals surface area contributed by atoms with Crippen molar-refractivity contribution in [3.05, 3.63) is 58.2 Å². The van der Waals surface area contributed by atoms with Crippen LogP contribution in [0.3, 0.4) is 0 Å². The number of nitrogens with zero attached hydrogens (tertiary/aromatic N) is 3. The van der Waals surface area contributed by atoms with Crippen LogP contribution in [0.25, 0.3) is 0 Å². The van der Waals surface area contributed by atoms with Crippen molar-refractivity contribution in [1.82, 2.24) is 15.1 Å². The number of benzene rings is 1. The highest BCUT2D eigenvalue weighted by Gasteiger charge is 2.13. The molecule has 1 aromatic carbocycles. The molecule has 0 aliphatic carbocycles. The van der Waals surface area contributed by atoms with Gasteiger partial charge in [0.1, 0.15) is 0 Å². The Balaban J connectivity index is 1.90. The van der Waals surface area contributed by atoms with Gasteiger partial charge in [-0.3, -0.25) is 14.8 Å². The Morgan fingerprint density at radius 3 is 2.95 bits per heavy atom. The Bertz CT molecular complexity index is 586. The molecule has 0 saturated carbocycles. The van der Waals surface area contributed by atoms with E-state index in [4.69, 9.17) is 0 Å². The molecule has 1 aromatic heterocycles. The molecule has 2 aromatic rings. The molecule has 7 heteroatoms. The third-order valence-corrected chi connectivity index (χ3v) is 2.88. The maximum atomic E-state index is 13.4. The summed E-state index contributed by atoms with van der Waals surface area (Å²) in [5.74, 6) is -0.811. The summed E-state index contributed by atoms with van der Waals surface area (Å²) in [4.78, 5) is 9.79. The number of nitro groups is 1. The van der Waals surface area contributed by atoms with Crippen LogP contribution >= 0.6 is 0 Å². The molecule has 20 heavy (non-hydrogen) atoms. The summed E-state index contributed by atoms with van der Waals surface area (Å²) < 4.78 is 15.2. The standard InChI is InChI=1S/C13H15FN4O2/c1-10(9-17-6-2-5-16-17)15-8-11-3-4-13(18(19)20)12(14)7-11/h2-7,10,15H,8-9H2,1H3. The van der Waals surface area contributed by atoms with Gasteiger partial charge in [-0.25, -0.2) is 0 Å². The summed E-state index contributed by atoms with van der Waals surface area (Å²) in [5.41, 5.74) is 0.166. The Labute approximate surface area is 115 Å². The van der Waals surface area contributed by atoms with Crippen molar-refractivity contribution >= 4 is 5.69 Å². The summed E-state index contributed by atoms with van der Waals surface area (Å²) in [6.07, 6.45) is 3.57. The highest BCUT2D eigenvalue weighted by atomic mass is 19.1. The predicted octanol–water partition coefficient (Wildman–Crippen LogP) is 2.11. The quantitative estimate of drug-likeness (QED) is 0.648. The molecule has 1 N–H and O–H groups in total. The van der Waals surface area contributed by atoms with E-state index >= 15 is 0 Å². The average molecular weight is 278 g/mol. The van der Waals surface area contributed by atoms with Crippen molar-refractivity contribution in [1.29, 1.82) is 0 Å². The lowest BCUT2D eigenvalue weighted by Crippen LogP contribution is -2.30. The van der Waals surface area contributed by atoms with Gasteiger partial charge in [0.2, 0.25) is 5.82 Å². The lowest BCUT2D eigenvalue weighted by molar-refractivity contribution is -0.387. The van der Waals surface area contributed by atoms with Crippen LogP contribution < -0.4 is 5.32 Å². The maximum absolute atomic E-state index is 13.4. The van der Waals surface area contributed by atoms with Gasteiger partial charge in [0.15, 0.2) is 0 Å². The molecule has 0 bridgehead atoms. The lowest BCUT2D eigenvalue weighted by atomic mass is 10.2. The molecule has 0 amide bonds. The van der Waals surface area contributed by atoms with Crippen LogP contribution in [0, 0.1) is 15.9 Å². The second-order valence-electron chi connectivity index (χ2n) is 4.55. The molecule has 6 nitrogen and oxygen atoms in total. The monoisotopic (exact) mass is 278 g/mol. The molecule has 2 rings (SSSR count). The lowest BCUT2D eigenvalue weighted by Gasteiger charge is -2.13. The summed E-state index contributed by atoms with van der Waals surface area (Å²) in [6.45, 7) is 3.13. The number of nitro benzene ring substituents is 1. The minimum Gasteiger partial charge on any atom is -0.308 e. The zero-order valence-corrected chi connectivity index (χ0v) is 11.0. The molecule has 1 heterocycles. The summed E-state index contributed by atoms with van der Waals surface area (Å²) >= 11 is 0. The highest BCUT2D eigenvalue weighted by Crippen LogP contribution is 2.17. The van der Waals surface area contributed by atoms with Gasteiger partial charge in [-0.2, -0.15) is 9.49 Å². The van der Waals surface area contributed by atoms with Gasteiger partial charge in [-0.1, -0.05) is 6.07 Å². The smallest absolute Gasteiger partial charge is 0.304 e. The Kier molecular flexibility index (Phi) is 4.41. The Morgan fingerprint density at radius 2 is 2.35 bits per heavy atom. The van der Waals surface area contributed by atoms with Gasteiger partial charge in [0.05, 0.1) is 11.5 Å². The van der Waals surface area contributed by atoms with Crippen molar-refractivity contribution < 1.29 is 9.31 Å². The van der Waals surface area contributed by atoms with Crippen molar-refractivity contribution in [2.45, 2.75) is 26.1 Å². The normalized spacial score (nSPS) is 12.3. The number of rotatable bonds is 6. The topological polar surface area (TPSA) is 73.0 Å². The van der Waals surface area contributed by atoms with Gasteiger partial charge in [0.25, 0.3) is 0 Å². The van der Waals surface area contributed by atoms with Crippen LogP contribution in [0.1, 0.15) is 12.5 Å². The first kappa shape index (κ1) is 14.1. The van der Waals surface area contributed by atoms with Crippen LogP contribution in [0.4, 0.5) is 10.1 Å². The molecule has 0 aliphatic rings. The molecular formula is C13H15FN4O2. The van der Waals surface area contributed by atoms with E-state index in [9.17, 15) is 14.5 Å². The number of nitrogens with one attached hydrogen (secondary N) is 1. The molecule has 0 saturated heterocycles. The zero-order valence-electron chi connectivity index (χ0n) is 11.0. The Hall–Kier alpha value is -2.28. The van der Waals surface area contributed by atoms with Gasteiger partial charge >= 0.3 is 5.69 Å². The maximum Gasteiger partial charge on any atom is 0.304 e. The van der Waals surface area contributed by atoms with Crippen LogP contribution in [0.15, 0.2) is 36.7 Å². The number of hydrogen-bond acceptors (Lipinski definition) is 4. The largest absolute Gasteiger partial charge is 0.308 e. The summed E-state index contributed by atoms with van der Waals surface area (Å²) in [6, 6.07) is 5.91. The van der Waals surface area contributed by atoms with Crippen LogP contribution in [0.5, 0.6) is 0 Å². The molecule has 0 fully saturated rings. The summed E-state index contributed by atoms with van der Waals surface area (Å²) in [5, 5.41) is 17.8. The second-order valence-corrected chi connectivity index (χ2v) is 4.55. The third kappa shape index (κ3) is 3.61. The van der Waals surface area contributed by atoms with Gasteiger partial charge < -0.3 is 5.32 Å². The third-order valence-electron chi connectivity index (χ3n) is 2.88. The molecule has 1 unspecified atom stereocenters. The Morgan fingerprint density at radius 1 is 1.55 bits per heavy atom. The first-order valence-corrected chi connectivity index (χ1v) is 6.20. The van der Waals surface area contributed by atoms with Crippen LogP contribution in [-0.2, 0) is 13.1 Å². The van der Waals surface area contributed by atoms with Crippen molar-refractivity contribution in [2.24, 2.45) is 0 Å². The van der Waals surface area contributed by atoms with E-state index in [-0.39, 0.29) is 6.04 Å². The predicted molar refractivity (Wildman–Crippen MR) is 71.6 cm³/mol. The number of hydrogen-bond donors (Lipinski definition) is 1. The minimum absolute atomic E-state index is 0.146.